The van der Waals surface area contributed by atoms with Crippen LogP contribution in [0.4, 0.5) is 0 Å². The number of aromatic nitrogens is 1. The van der Waals surface area contributed by atoms with Crippen LogP contribution in [0.2, 0.25) is 0 Å². The molecular weight excluding hydrogens is 468 g/mol. The van der Waals surface area contributed by atoms with Gasteiger partial charge in [-0.3, -0.25) is 19.6 Å². The minimum Gasteiger partial charge on any atom is -0.497 e. The summed E-state index contributed by atoms with van der Waals surface area (Å²) in [5, 5.41) is 3.07. The van der Waals surface area contributed by atoms with Gasteiger partial charge in [0, 0.05) is 36.6 Å². The zero-order valence-corrected chi connectivity index (χ0v) is 22.9. The maximum absolute atomic E-state index is 13.7. The summed E-state index contributed by atoms with van der Waals surface area (Å²) >= 11 is 0. The number of aryl methyl sites for hydroxylation is 2. The standard InChI is InChI=1S/C29H38N4O4/c1-10-22(16-30-7)28(35)33(17-21-11-13-23(36-8)14-12-21)18-24(27(34)32-29(4,5)6)25-19(2)15-31-20(3)26(25)37-9/h10-16,24H,1,7,17-18H2,2-6,8-9H3,(H,32,34)/b22-16+. The predicted molar refractivity (Wildman–Crippen MR) is 147 cm³/mol. The Labute approximate surface area is 220 Å². The second-order valence-corrected chi connectivity index (χ2v) is 9.77. The molecule has 1 unspecified atom stereocenters. The van der Waals surface area contributed by atoms with E-state index in [1.165, 1.54) is 12.3 Å². The van der Waals surface area contributed by atoms with Gasteiger partial charge in [-0.1, -0.05) is 24.8 Å². The lowest BCUT2D eigenvalue weighted by Gasteiger charge is -2.32. The number of hydrogen-bond donors (Lipinski definition) is 1. The number of nitrogens with one attached hydrogen (secondary N) is 1. The van der Waals surface area contributed by atoms with Gasteiger partial charge in [-0.2, -0.15) is 0 Å². The Bertz CT molecular complexity index is 1160. The number of rotatable bonds is 11. The minimum absolute atomic E-state index is 0.0791. The van der Waals surface area contributed by atoms with Crippen LogP contribution in [0, 0.1) is 13.8 Å². The number of pyridine rings is 1. The summed E-state index contributed by atoms with van der Waals surface area (Å²) in [5.41, 5.74) is 2.80. The van der Waals surface area contributed by atoms with Crippen LogP contribution in [0.3, 0.4) is 0 Å². The third-order valence-corrected chi connectivity index (χ3v) is 5.74. The van der Waals surface area contributed by atoms with E-state index in [1.807, 2.05) is 58.9 Å². The summed E-state index contributed by atoms with van der Waals surface area (Å²) in [7, 11) is 3.15. The van der Waals surface area contributed by atoms with E-state index in [1.54, 1.807) is 25.3 Å². The van der Waals surface area contributed by atoms with Crippen molar-refractivity contribution < 1.29 is 19.1 Å². The molecule has 0 saturated heterocycles. The molecule has 1 heterocycles. The van der Waals surface area contributed by atoms with Gasteiger partial charge < -0.3 is 19.7 Å². The number of methoxy groups -OCH3 is 2. The molecule has 0 aliphatic carbocycles. The molecule has 0 radical (unpaired) electrons. The molecule has 198 valence electrons. The number of ether oxygens (including phenoxy) is 2. The highest BCUT2D eigenvalue weighted by atomic mass is 16.5. The van der Waals surface area contributed by atoms with Crippen LogP contribution in [-0.4, -0.2) is 54.7 Å². The van der Waals surface area contributed by atoms with Gasteiger partial charge in [0.25, 0.3) is 5.91 Å². The lowest BCUT2D eigenvalue weighted by atomic mass is 9.91. The lowest BCUT2D eigenvalue weighted by Crippen LogP contribution is -2.47. The number of benzene rings is 1. The monoisotopic (exact) mass is 506 g/mol. The molecule has 1 atom stereocenters. The summed E-state index contributed by atoms with van der Waals surface area (Å²) in [4.78, 5) is 37.2. The third-order valence-electron chi connectivity index (χ3n) is 5.74. The predicted octanol–water partition coefficient (Wildman–Crippen LogP) is 4.51. The van der Waals surface area contributed by atoms with Crippen LogP contribution >= 0.6 is 0 Å². The van der Waals surface area contributed by atoms with Gasteiger partial charge in [-0.25, -0.2) is 0 Å². The molecule has 1 aromatic heterocycles. The van der Waals surface area contributed by atoms with Crippen LogP contribution in [-0.2, 0) is 16.1 Å². The zero-order valence-electron chi connectivity index (χ0n) is 22.9. The highest BCUT2D eigenvalue weighted by Gasteiger charge is 2.33. The van der Waals surface area contributed by atoms with Gasteiger partial charge in [0.1, 0.15) is 11.5 Å². The molecule has 2 aromatic rings. The molecule has 0 fully saturated rings. The van der Waals surface area contributed by atoms with Crippen molar-refractivity contribution in [3.8, 4) is 11.5 Å². The number of nitrogens with zero attached hydrogens (tertiary/aromatic N) is 3. The van der Waals surface area contributed by atoms with Gasteiger partial charge in [-0.05, 0) is 64.6 Å². The Hall–Kier alpha value is -3.94. The molecular formula is C29H38N4O4. The highest BCUT2D eigenvalue weighted by molar-refractivity contribution is 5.96. The summed E-state index contributed by atoms with van der Waals surface area (Å²) in [6.45, 7) is 17.0. The van der Waals surface area contributed by atoms with E-state index in [4.69, 9.17) is 9.47 Å². The molecule has 8 nitrogen and oxygen atoms in total. The van der Waals surface area contributed by atoms with E-state index in [-0.39, 0.29) is 30.5 Å². The van der Waals surface area contributed by atoms with Crippen LogP contribution in [0.15, 0.2) is 59.9 Å². The van der Waals surface area contributed by atoms with Gasteiger partial charge in [0.05, 0.1) is 31.4 Å². The summed E-state index contributed by atoms with van der Waals surface area (Å²) in [5.74, 6) is -0.0506. The molecule has 2 amide bonds. The Morgan fingerprint density at radius 2 is 1.81 bits per heavy atom. The molecule has 0 saturated carbocycles. The topological polar surface area (TPSA) is 93.1 Å². The van der Waals surface area contributed by atoms with Gasteiger partial charge in [0.2, 0.25) is 5.91 Å². The van der Waals surface area contributed by atoms with Crippen molar-refractivity contribution in [2.75, 3.05) is 20.8 Å². The van der Waals surface area contributed by atoms with E-state index in [0.717, 1.165) is 11.1 Å². The highest BCUT2D eigenvalue weighted by Crippen LogP contribution is 2.34. The molecule has 0 bridgehead atoms. The Balaban J connectivity index is 2.65. The second kappa shape index (κ2) is 12.9. The van der Waals surface area contributed by atoms with Gasteiger partial charge >= 0.3 is 0 Å². The van der Waals surface area contributed by atoms with Crippen LogP contribution < -0.4 is 14.8 Å². The molecule has 8 heteroatoms. The van der Waals surface area contributed by atoms with Crippen LogP contribution in [0.25, 0.3) is 0 Å². The van der Waals surface area contributed by atoms with Crippen molar-refractivity contribution in [1.29, 1.82) is 0 Å². The van der Waals surface area contributed by atoms with Crippen LogP contribution in [0.5, 0.6) is 11.5 Å². The summed E-state index contributed by atoms with van der Waals surface area (Å²) in [6.07, 6.45) is 4.52. The molecule has 1 N–H and O–H groups in total. The zero-order chi connectivity index (χ0) is 27.8. The number of aliphatic imine (C=N–C) groups is 1. The average Bonchev–Trinajstić information content (AvgIpc) is 2.85. The smallest absolute Gasteiger partial charge is 0.255 e. The summed E-state index contributed by atoms with van der Waals surface area (Å²) in [6, 6.07) is 7.43. The first-order chi connectivity index (χ1) is 17.4. The maximum Gasteiger partial charge on any atom is 0.255 e. The Morgan fingerprint density at radius 3 is 2.32 bits per heavy atom. The quantitative estimate of drug-likeness (QED) is 0.275. The molecule has 2 rings (SSSR count). The first-order valence-corrected chi connectivity index (χ1v) is 12.0. The lowest BCUT2D eigenvalue weighted by molar-refractivity contribution is -0.129. The minimum atomic E-state index is -0.735. The second-order valence-electron chi connectivity index (χ2n) is 9.77. The van der Waals surface area contributed by atoms with E-state index >= 15 is 0 Å². The first kappa shape index (κ1) is 29.3. The SMILES string of the molecule is C=C/C(=C\N=C)C(=O)N(Cc1ccc(OC)cc1)CC(C(=O)NC(C)(C)C)c1c(C)cnc(C)c1OC. The van der Waals surface area contributed by atoms with Crippen molar-refractivity contribution in [1.82, 2.24) is 15.2 Å². The average molecular weight is 507 g/mol. The molecule has 0 spiro atoms. The Kier molecular flexibility index (Phi) is 10.2. The first-order valence-electron chi connectivity index (χ1n) is 12.0. The van der Waals surface area contributed by atoms with Crippen molar-refractivity contribution in [2.24, 2.45) is 4.99 Å². The van der Waals surface area contributed by atoms with Gasteiger partial charge in [0.15, 0.2) is 0 Å². The number of carbonyl (C=O) groups excluding carboxylic acids is 2. The van der Waals surface area contributed by atoms with Crippen LogP contribution in [0.1, 0.15) is 49.1 Å². The van der Waals surface area contributed by atoms with Crippen molar-refractivity contribution in [2.45, 2.75) is 52.6 Å². The summed E-state index contributed by atoms with van der Waals surface area (Å²) < 4.78 is 11.0. The maximum atomic E-state index is 13.7. The third kappa shape index (κ3) is 7.77. The normalized spacial score (nSPS) is 12.4. The molecule has 37 heavy (non-hydrogen) atoms. The van der Waals surface area contributed by atoms with Crippen molar-refractivity contribution in [3.63, 3.8) is 0 Å². The van der Waals surface area contributed by atoms with Crippen molar-refractivity contribution in [3.05, 3.63) is 77.3 Å². The van der Waals surface area contributed by atoms with E-state index < -0.39 is 11.5 Å². The molecule has 0 aliphatic rings. The van der Waals surface area contributed by atoms with E-state index in [0.29, 0.717) is 22.8 Å². The fraction of sp³-hybridized carbons (Fsp3) is 0.379. The molecule has 0 aliphatic heterocycles. The van der Waals surface area contributed by atoms with Crippen molar-refractivity contribution >= 4 is 18.5 Å². The number of hydrogen-bond acceptors (Lipinski definition) is 6. The largest absolute Gasteiger partial charge is 0.497 e. The van der Waals surface area contributed by atoms with E-state index in [9.17, 15) is 9.59 Å². The van der Waals surface area contributed by atoms with E-state index in [2.05, 4.69) is 28.6 Å². The fourth-order valence-electron chi connectivity index (χ4n) is 4.02. The Morgan fingerprint density at radius 1 is 1.16 bits per heavy atom. The number of amides is 2. The number of carbonyl (C=O) groups is 2. The van der Waals surface area contributed by atoms with Gasteiger partial charge in [-0.15, -0.1) is 0 Å². The molecule has 1 aromatic carbocycles. The fourth-order valence-corrected chi connectivity index (χ4v) is 4.02.